The lowest BCUT2D eigenvalue weighted by molar-refractivity contribution is 0.102. The lowest BCUT2D eigenvalue weighted by atomic mass is 10.1. The van der Waals surface area contributed by atoms with E-state index in [0.29, 0.717) is 23.3 Å². The summed E-state index contributed by atoms with van der Waals surface area (Å²) in [7, 11) is 0. The van der Waals surface area contributed by atoms with Gasteiger partial charge in [-0.3, -0.25) is 24.7 Å². The fourth-order valence-electron chi connectivity index (χ4n) is 3.11. The van der Waals surface area contributed by atoms with Gasteiger partial charge in [0.15, 0.2) is 5.69 Å². The Kier molecular flexibility index (Phi) is 4.10. The molecule has 4 heterocycles. The third-order valence-electron chi connectivity index (χ3n) is 4.53. The number of H-pyrrole nitrogens is 2. The SMILES string of the molecule is O=C(Nc1cnn(Cc2ccccc2)c1)c1n[nH]c2cc(-c3cn[nH]c3)cnc12. The molecule has 29 heavy (non-hydrogen) atoms. The third-order valence-corrected chi connectivity index (χ3v) is 4.53. The minimum absolute atomic E-state index is 0.231. The number of nitrogens with zero attached hydrogens (tertiary/aromatic N) is 5. The molecular weight excluding hydrogens is 368 g/mol. The summed E-state index contributed by atoms with van der Waals surface area (Å²) in [4.78, 5) is 17.1. The number of pyridine rings is 1. The molecule has 9 nitrogen and oxygen atoms in total. The highest BCUT2D eigenvalue weighted by atomic mass is 16.2. The normalized spacial score (nSPS) is 11.0. The van der Waals surface area contributed by atoms with Crippen molar-refractivity contribution in [2.45, 2.75) is 6.54 Å². The first-order valence-electron chi connectivity index (χ1n) is 8.97. The molecule has 1 aromatic carbocycles. The summed E-state index contributed by atoms with van der Waals surface area (Å²) < 4.78 is 1.77. The van der Waals surface area contributed by atoms with E-state index in [0.717, 1.165) is 16.7 Å². The molecule has 9 heteroatoms. The number of amides is 1. The van der Waals surface area contributed by atoms with E-state index >= 15 is 0 Å². The van der Waals surface area contributed by atoms with E-state index in [1.165, 1.54) is 0 Å². The number of rotatable bonds is 5. The van der Waals surface area contributed by atoms with Gasteiger partial charge in [-0.05, 0) is 11.6 Å². The van der Waals surface area contributed by atoms with Gasteiger partial charge in [-0.25, -0.2) is 0 Å². The monoisotopic (exact) mass is 384 g/mol. The van der Waals surface area contributed by atoms with Crippen LogP contribution in [0.25, 0.3) is 22.2 Å². The van der Waals surface area contributed by atoms with Crippen LogP contribution >= 0.6 is 0 Å². The maximum absolute atomic E-state index is 12.7. The Morgan fingerprint density at radius 3 is 2.83 bits per heavy atom. The highest BCUT2D eigenvalue weighted by molar-refractivity contribution is 6.10. The molecule has 0 aliphatic heterocycles. The summed E-state index contributed by atoms with van der Waals surface area (Å²) in [6, 6.07) is 11.9. The Labute approximate surface area is 164 Å². The maximum atomic E-state index is 12.7. The Hall–Kier alpha value is -4.27. The van der Waals surface area contributed by atoms with Crippen LogP contribution in [0.2, 0.25) is 0 Å². The molecule has 5 aromatic rings. The Balaban J connectivity index is 1.34. The van der Waals surface area contributed by atoms with Gasteiger partial charge in [0.05, 0.1) is 30.1 Å². The molecule has 0 saturated carbocycles. The minimum Gasteiger partial charge on any atom is -0.318 e. The third kappa shape index (κ3) is 3.36. The van der Waals surface area contributed by atoms with Crippen molar-refractivity contribution in [1.82, 2.24) is 35.2 Å². The van der Waals surface area contributed by atoms with Crippen LogP contribution < -0.4 is 5.32 Å². The van der Waals surface area contributed by atoms with Crippen molar-refractivity contribution in [3.63, 3.8) is 0 Å². The number of fused-ring (bicyclic) bond motifs is 1. The van der Waals surface area contributed by atoms with E-state index in [-0.39, 0.29) is 11.6 Å². The first-order chi connectivity index (χ1) is 14.3. The fraction of sp³-hybridized carbons (Fsp3) is 0.0500. The topological polar surface area (TPSA) is 117 Å². The van der Waals surface area contributed by atoms with Gasteiger partial charge < -0.3 is 5.32 Å². The van der Waals surface area contributed by atoms with Gasteiger partial charge in [0.25, 0.3) is 5.91 Å². The van der Waals surface area contributed by atoms with Gasteiger partial charge in [0, 0.05) is 29.7 Å². The average Bonchev–Trinajstić information content (AvgIpc) is 3.49. The maximum Gasteiger partial charge on any atom is 0.278 e. The highest BCUT2D eigenvalue weighted by Crippen LogP contribution is 2.22. The smallest absolute Gasteiger partial charge is 0.278 e. The zero-order valence-corrected chi connectivity index (χ0v) is 15.2. The van der Waals surface area contributed by atoms with Crippen molar-refractivity contribution < 1.29 is 4.79 Å². The van der Waals surface area contributed by atoms with Crippen molar-refractivity contribution in [3.8, 4) is 11.1 Å². The second-order valence-electron chi connectivity index (χ2n) is 6.55. The van der Waals surface area contributed by atoms with Crippen molar-refractivity contribution >= 4 is 22.6 Å². The van der Waals surface area contributed by atoms with Crippen LogP contribution in [-0.4, -0.2) is 41.1 Å². The molecule has 0 unspecified atom stereocenters. The van der Waals surface area contributed by atoms with Gasteiger partial charge >= 0.3 is 0 Å². The van der Waals surface area contributed by atoms with Crippen molar-refractivity contribution in [3.05, 3.63) is 78.6 Å². The van der Waals surface area contributed by atoms with Crippen LogP contribution in [0, 0.1) is 0 Å². The average molecular weight is 384 g/mol. The zero-order chi connectivity index (χ0) is 19.6. The van der Waals surface area contributed by atoms with Gasteiger partial charge in [0.1, 0.15) is 5.52 Å². The second kappa shape index (κ2) is 7.04. The molecule has 0 radical (unpaired) electrons. The molecule has 3 N–H and O–H groups in total. The lowest BCUT2D eigenvalue weighted by Gasteiger charge is -2.02. The summed E-state index contributed by atoms with van der Waals surface area (Å²) >= 11 is 0. The molecule has 4 aromatic heterocycles. The summed E-state index contributed by atoms with van der Waals surface area (Å²) in [6.45, 7) is 0.625. The van der Waals surface area contributed by atoms with Crippen molar-refractivity contribution in [1.29, 1.82) is 0 Å². The fourth-order valence-corrected chi connectivity index (χ4v) is 3.11. The van der Waals surface area contributed by atoms with E-state index in [4.69, 9.17) is 0 Å². The Morgan fingerprint density at radius 2 is 2.00 bits per heavy atom. The summed E-state index contributed by atoms with van der Waals surface area (Å²) in [5.41, 5.74) is 4.92. The van der Waals surface area contributed by atoms with E-state index < -0.39 is 0 Å². The minimum atomic E-state index is -0.348. The van der Waals surface area contributed by atoms with Crippen molar-refractivity contribution in [2.75, 3.05) is 5.32 Å². The molecule has 0 saturated heterocycles. The number of aromatic amines is 2. The predicted molar refractivity (Wildman–Crippen MR) is 107 cm³/mol. The number of benzene rings is 1. The highest BCUT2D eigenvalue weighted by Gasteiger charge is 2.17. The number of hydrogen-bond acceptors (Lipinski definition) is 5. The van der Waals surface area contributed by atoms with Crippen LogP contribution in [0.1, 0.15) is 16.1 Å². The standard InChI is InChI=1S/C20H16N8O/c29-20(25-16-10-24-28(12-16)11-13-4-2-1-3-5-13)19-18-17(26-27-19)6-14(7-21-18)15-8-22-23-9-15/h1-10,12H,11H2,(H,22,23)(H,25,29)(H,26,27). The molecule has 0 aliphatic carbocycles. The van der Waals surface area contributed by atoms with Crippen molar-refractivity contribution in [2.24, 2.45) is 0 Å². The van der Waals surface area contributed by atoms with E-state index in [1.54, 1.807) is 35.7 Å². The lowest BCUT2D eigenvalue weighted by Crippen LogP contribution is -2.12. The van der Waals surface area contributed by atoms with E-state index in [2.05, 4.69) is 35.8 Å². The summed E-state index contributed by atoms with van der Waals surface area (Å²) in [5.74, 6) is -0.348. The van der Waals surface area contributed by atoms with E-state index in [1.807, 2.05) is 36.4 Å². The molecule has 142 valence electrons. The summed E-state index contributed by atoms with van der Waals surface area (Å²) in [6.07, 6.45) is 8.57. The van der Waals surface area contributed by atoms with Crippen LogP contribution in [0.4, 0.5) is 5.69 Å². The van der Waals surface area contributed by atoms with Gasteiger partial charge in [-0.15, -0.1) is 0 Å². The number of hydrogen-bond donors (Lipinski definition) is 3. The molecule has 0 aliphatic rings. The number of carbonyl (C=O) groups is 1. The molecule has 0 bridgehead atoms. The first kappa shape index (κ1) is 16.9. The van der Waals surface area contributed by atoms with Crippen LogP contribution in [0.15, 0.2) is 67.4 Å². The predicted octanol–water partition coefficient (Wildman–Crippen LogP) is 2.85. The summed E-state index contributed by atoms with van der Waals surface area (Å²) in [5, 5.41) is 20.8. The quantitative estimate of drug-likeness (QED) is 0.431. The number of anilines is 1. The second-order valence-corrected chi connectivity index (χ2v) is 6.55. The van der Waals surface area contributed by atoms with Gasteiger partial charge in [0.2, 0.25) is 0 Å². The molecule has 5 rings (SSSR count). The van der Waals surface area contributed by atoms with Crippen LogP contribution in [0.5, 0.6) is 0 Å². The molecule has 0 fully saturated rings. The largest absolute Gasteiger partial charge is 0.318 e. The van der Waals surface area contributed by atoms with E-state index in [9.17, 15) is 4.79 Å². The number of aromatic nitrogens is 7. The van der Waals surface area contributed by atoms with Crippen LogP contribution in [0.3, 0.4) is 0 Å². The Bertz CT molecular complexity index is 1270. The van der Waals surface area contributed by atoms with Crippen LogP contribution in [-0.2, 0) is 6.54 Å². The molecule has 1 amide bonds. The molecule has 0 atom stereocenters. The Morgan fingerprint density at radius 1 is 1.10 bits per heavy atom. The first-order valence-corrected chi connectivity index (χ1v) is 8.97. The molecular formula is C20H16N8O. The number of carbonyl (C=O) groups excluding carboxylic acids is 1. The van der Waals surface area contributed by atoms with Gasteiger partial charge in [-0.2, -0.15) is 15.3 Å². The molecule has 0 spiro atoms. The van der Waals surface area contributed by atoms with Gasteiger partial charge in [-0.1, -0.05) is 30.3 Å². The zero-order valence-electron chi connectivity index (χ0n) is 15.2. The number of nitrogens with one attached hydrogen (secondary N) is 3.